The molecule has 0 amide bonds. The van der Waals surface area contributed by atoms with Crippen LogP contribution in [0.5, 0.6) is 0 Å². The van der Waals surface area contributed by atoms with Crippen molar-refractivity contribution in [3.8, 4) is 0 Å². The average molecular weight is 306 g/mol. The van der Waals surface area contributed by atoms with Crippen LogP contribution in [0.25, 0.3) is 6.08 Å². The Balaban J connectivity index is 1.77. The third-order valence-corrected chi connectivity index (χ3v) is 4.12. The van der Waals surface area contributed by atoms with Crippen LogP contribution in [0.2, 0.25) is 0 Å². The molecule has 2 fully saturated rings. The Bertz CT molecular complexity index is 523. The van der Waals surface area contributed by atoms with Gasteiger partial charge in [-0.05, 0) is 25.0 Å². The molecule has 0 aromatic heterocycles. The van der Waals surface area contributed by atoms with Crippen molar-refractivity contribution in [2.24, 2.45) is 0 Å². The SMILES string of the molecule is CO[C@@H]1O[C@@H](C)[C@H](O)[C@H]2OC(/C(C)=C/c3ccccc3)O[C@@H]12. The molecule has 3 rings (SSSR count). The number of aliphatic hydroxyl groups excluding tert-OH is 1. The molecule has 6 atom stereocenters. The summed E-state index contributed by atoms with van der Waals surface area (Å²) in [5.41, 5.74) is 2.02. The lowest BCUT2D eigenvalue weighted by Crippen LogP contribution is -2.55. The van der Waals surface area contributed by atoms with E-state index in [2.05, 4.69) is 0 Å². The number of fused-ring (bicyclic) bond motifs is 1. The molecule has 0 bridgehead atoms. The maximum Gasteiger partial charge on any atom is 0.186 e. The summed E-state index contributed by atoms with van der Waals surface area (Å²) in [6.07, 6.45) is -0.981. The number of hydrogen-bond donors (Lipinski definition) is 1. The zero-order chi connectivity index (χ0) is 15.7. The molecular weight excluding hydrogens is 284 g/mol. The Morgan fingerprint density at radius 2 is 1.82 bits per heavy atom. The van der Waals surface area contributed by atoms with Gasteiger partial charge >= 0.3 is 0 Å². The molecule has 1 aromatic carbocycles. The predicted octanol–water partition coefficient (Wildman–Crippen LogP) is 1.95. The zero-order valence-electron chi connectivity index (χ0n) is 13.0. The van der Waals surface area contributed by atoms with Crippen molar-refractivity contribution in [2.75, 3.05) is 7.11 Å². The largest absolute Gasteiger partial charge is 0.388 e. The Morgan fingerprint density at radius 3 is 2.50 bits per heavy atom. The van der Waals surface area contributed by atoms with Gasteiger partial charge in [-0.3, -0.25) is 0 Å². The maximum absolute atomic E-state index is 10.2. The van der Waals surface area contributed by atoms with Crippen molar-refractivity contribution < 1.29 is 24.1 Å². The van der Waals surface area contributed by atoms with E-state index in [-0.39, 0.29) is 6.10 Å². The highest BCUT2D eigenvalue weighted by Gasteiger charge is 2.51. The fourth-order valence-electron chi connectivity index (χ4n) is 2.89. The van der Waals surface area contributed by atoms with Crippen molar-refractivity contribution in [1.82, 2.24) is 0 Å². The van der Waals surface area contributed by atoms with Gasteiger partial charge in [0.15, 0.2) is 12.6 Å². The smallest absolute Gasteiger partial charge is 0.186 e. The van der Waals surface area contributed by atoms with Gasteiger partial charge in [-0.25, -0.2) is 0 Å². The van der Waals surface area contributed by atoms with E-state index in [0.717, 1.165) is 11.1 Å². The molecule has 0 spiro atoms. The molecule has 0 aliphatic carbocycles. The van der Waals surface area contributed by atoms with Gasteiger partial charge in [0.2, 0.25) is 0 Å². The number of benzene rings is 1. The second-order valence-electron chi connectivity index (χ2n) is 5.77. The van der Waals surface area contributed by atoms with E-state index in [9.17, 15) is 5.11 Å². The number of hydrogen-bond acceptors (Lipinski definition) is 5. The minimum Gasteiger partial charge on any atom is -0.388 e. The molecule has 22 heavy (non-hydrogen) atoms. The molecule has 1 aromatic rings. The topological polar surface area (TPSA) is 57.2 Å². The van der Waals surface area contributed by atoms with Crippen molar-refractivity contribution in [2.45, 2.75) is 50.8 Å². The third kappa shape index (κ3) is 2.95. The number of aliphatic hydroxyl groups is 1. The minimum atomic E-state index is -0.731. The highest BCUT2D eigenvalue weighted by Crippen LogP contribution is 2.35. The van der Waals surface area contributed by atoms with Crippen molar-refractivity contribution in [1.29, 1.82) is 0 Å². The molecule has 5 nitrogen and oxygen atoms in total. The van der Waals surface area contributed by atoms with Gasteiger partial charge in [0.25, 0.3) is 0 Å². The summed E-state index contributed by atoms with van der Waals surface area (Å²) in [4.78, 5) is 0. The third-order valence-electron chi connectivity index (χ3n) is 4.12. The fraction of sp³-hybridized carbons (Fsp3) is 0.529. The van der Waals surface area contributed by atoms with E-state index in [1.54, 1.807) is 14.0 Å². The van der Waals surface area contributed by atoms with Crippen LogP contribution in [0, 0.1) is 0 Å². The second kappa shape index (κ2) is 6.48. The Hall–Kier alpha value is -1.24. The van der Waals surface area contributed by atoms with E-state index in [1.165, 1.54) is 0 Å². The summed E-state index contributed by atoms with van der Waals surface area (Å²) in [5.74, 6) is 0. The number of methoxy groups -OCH3 is 1. The molecule has 0 saturated carbocycles. The van der Waals surface area contributed by atoms with Gasteiger partial charge in [-0.1, -0.05) is 36.4 Å². The summed E-state index contributed by atoms with van der Waals surface area (Å²) in [6.45, 7) is 3.75. The van der Waals surface area contributed by atoms with Crippen LogP contribution in [0.15, 0.2) is 35.9 Å². The van der Waals surface area contributed by atoms with Crippen LogP contribution in [0.1, 0.15) is 19.4 Å². The standard InChI is InChI=1S/C17H22O5/c1-10(9-12-7-5-4-6-8-12)16-21-14-13(18)11(2)20-17(19-3)15(14)22-16/h4-9,11,13-18H,1-3H3/b10-9+/t11-,13-,14+,15+,16?,17+/m0/s1. The molecule has 0 radical (unpaired) electrons. The first-order valence-corrected chi connectivity index (χ1v) is 7.50. The van der Waals surface area contributed by atoms with Crippen molar-refractivity contribution in [3.05, 3.63) is 41.5 Å². The summed E-state index contributed by atoms with van der Waals surface area (Å²) in [7, 11) is 1.56. The molecule has 2 aliphatic heterocycles. The average Bonchev–Trinajstić information content (AvgIpc) is 2.97. The molecule has 1 unspecified atom stereocenters. The molecular formula is C17H22O5. The van der Waals surface area contributed by atoms with Crippen molar-refractivity contribution in [3.63, 3.8) is 0 Å². The Morgan fingerprint density at radius 1 is 1.14 bits per heavy atom. The number of rotatable bonds is 3. The zero-order valence-corrected chi connectivity index (χ0v) is 13.0. The van der Waals surface area contributed by atoms with Gasteiger partial charge in [-0.15, -0.1) is 0 Å². The van der Waals surface area contributed by atoms with Crippen LogP contribution in [0.3, 0.4) is 0 Å². The quantitative estimate of drug-likeness (QED) is 0.925. The summed E-state index contributed by atoms with van der Waals surface area (Å²) in [6, 6.07) is 9.97. The van der Waals surface area contributed by atoms with Crippen LogP contribution in [-0.4, -0.2) is 49.2 Å². The highest BCUT2D eigenvalue weighted by atomic mass is 16.8. The minimum absolute atomic E-state index is 0.355. The first-order chi connectivity index (χ1) is 10.6. The van der Waals surface area contributed by atoms with E-state index in [4.69, 9.17) is 18.9 Å². The first kappa shape index (κ1) is 15.6. The number of ether oxygens (including phenoxy) is 4. The molecule has 5 heteroatoms. The van der Waals surface area contributed by atoms with Gasteiger partial charge in [0.1, 0.15) is 18.3 Å². The summed E-state index contributed by atoms with van der Waals surface area (Å²) in [5, 5.41) is 10.2. The van der Waals surface area contributed by atoms with Gasteiger partial charge < -0.3 is 24.1 Å². The molecule has 2 aliphatic rings. The highest BCUT2D eigenvalue weighted by molar-refractivity contribution is 5.52. The van der Waals surface area contributed by atoms with Crippen LogP contribution < -0.4 is 0 Å². The van der Waals surface area contributed by atoms with Crippen LogP contribution in [0.4, 0.5) is 0 Å². The van der Waals surface area contributed by atoms with E-state index in [1.807, 2.05) is 43.3 Å². The van der Waals surface area contributed by atoms with E-state index >= 15 is 0 Å². The molecule has 2 heterocycles. The monoisotopic (exact) mass is 306 g/mol. The fourth-order valence-corrected chi connectivity index (χ4v) is 2.89. The van der Waals surface area contributed by atoms with Gasteiger partial charge in [0.05, 0.1) is 6.10 Å². The summed E-state index contributed by atoms with van der Waals surface area (Å²) < 4.78 is 22.8. The molecule has 2 saturated heterocycles. The van der Waals surface area contributed by atoms with Gasteiger partial charge in [-0.2, -0.15) is 0 Å². The predicted molar refractivity (Wildman–Crippen MR) is 81.0 cm³/mol. The maximum atomic E-state index is 10.2. The molecule has 120 valence electrons. The van der Waals surface area contributed by atoms with Gasteiger partial charge in [0, 0.05) is 7.11 Å². The Kier molecular flexibility index (Phi) is 4.61. The van der Waals surface area contributed by atoms with Crippen LogP contribution in [-0.2, 0) is 18.9 Å². The summed E-state index contributed by atoms with van der Waals surface area (Å²) >= 11 is 0. The molecule has 1 N–H and O–H groups in total. The van der Waals surface area contributed by atoms with E-state index < -0.39 is 30.9 Å². The van der Waals surface area contributed by atoms with Crippen LogP contribution >= 0.6 is 0 Å². The normalized spacial score (nSPS) is 38.8. The van der Waals surface area contributed by atoms with E-state index in [0.29, 0.717) is 0 Å². The lowest BCUT2D eigenvalue weighted by molar-refractivity contribution is -0.261. The second-order valence-corrected chi connectivity index (χ2v) is 5.77. The lowest BCUT2D eigenvalue weighted by atomic mass is 10.0. The Labute approximate surface area is 130 Å². The lowest BCUT2D eigenvalue weighted by Gasteiger charge is -2.37. The van der Waals surface area contributed by atoms with Crippen molar-refractivity contribution >= 4 is 6.08 Å². The first-order valence-electron chi connectivity index (χ1n) is 7.50.